The first-order valence-electron chi connectivity index (χ1n) is 12.1. The Morgan fingerprint density at radius 2 is 1.35 bits per heavy atom. The van der Waals surface area contributed by atoms with E-state index in [2.05, 4.69) is 0 Å². The molecule has 1 rings (SSSR count). The van der Waals surface area contributed by atoms with Crippen molar-refractivity contribution in [2.75, 3.05) is 26.4 Å². The number of carbonyl (C=O) groups excluding carboxylic acids is 3. The fourth-order valence-corrected chi connectivity index (χ4v) is 3.13. The summed E-state index contributed by atoms with van der Waals surface area (Å²) in [5, 5.41) is 9.60. The molecule has 2 unspecified atom stereocenters. The van der Waals surface area contributed by atoms with Crippen molar-refractivity contribution in [3.63, 3.8) is 0 Å². The molecule has 0 amide bonds. The molecule has 208 valence electrons. The van der Waals surface area contributed by atoms with Gasteiger partial charge in [-0.05, 0) is 42.4 Å². The van der Waals surface area contributed by atoms with Crippen molar-refractivity contribution in [1.29, 1.82) is 0 Å². The van der Waals surface area contributed by atoms with Crippen LogP contribution in [0.5, 0.6) is 11.5 Å². The third kappa shape index (κ3) is 11.4. The highest BCUT2D eigenvalue weighted by molar-refractivity contribution is 5.75. The van der Waals surface area contributed by atoms with Gasteiger partial charge in [0.25, 0.3) is 0 Å². The average molecular weight is 528 g/mol. The predicted octanol–water partition coefficient (Wildman–Crippen LogP) is 4.48. The first kappa shape index (κ1) is 31.5. The summed E-state index contributed by atoms with van der Waals surface area (Å²) < 4.78 is 30.3. The quantitative estimate of drug-likeness (QED) is 0.198. The summed E-state index contributed by atoms with van der Waals surface area (Å²) in [4.78, 5) is 47.7. The van der Waals surface area contributed by atoms with Crippen LogP contribution in [-0.2, 0) is 23.7 Å². The second kappa shape index (κ2) is 16.3. The lowest BCUT2D eigenvalue weighted by atomic mass is 9.82. The molecule has 0 aliphatic rings. The molecule has 37 heavy (non-hydrogen) atoms. The van der Waals surface area contributed by atoms with Crippen LogP contribution in [0.2, 0.25) is 0 Å². The Bertz CT molecular complexity index is 903. The molecule has 0 spiro atoms. The number of carbonyl (C=O) groups is 4. The monoisotopic (exact) mass is 527 g/mol. The molecule has 0 aliphatic carbocycles. The molecule has 0 bridgehead atoms. The van der Waals surface area contributed by atoms with Gasteiger partial charge < -0.3 is 39.3 Å². The van der Waals surface area contributed by atoms with Gasteiger partial charge in [-0.2, -0.15) is 0 Å². The molecule has 3 N–H and O–H groups in total. The van der Waals surface area contributed by atoms with Crippen molar-refractivity contribution in [1.82, 2.24) is 0 Å². The Morgan fingerprint density at radius 1 is 0.811 bits per heavy atom. The molecular weight excluding hydrogens is 490 g/mol. The maximum absolute atomic E-state index is 12.1. The molecule has 0 saturated carbocycles. The van der Waals surface area contributed by atoms with Crippen LogP contribution >= 0.6 is 0 Å². The van der Waals surface area contributed by atoms with Crippen molar-refractivity contribution < 1.29 is 52.7 Å². The zero-order valence-corrected chi connectivity index (χ0v) is 21.9. The van der Waals surface area contributed by atoms with Crippen LogP contribution in [-0.4, -0.2) is 62.0 Å². The molecule has 12 nitrogen and oxygen atoms in total. The van der Waals surface area contributed by atoms with E-state index in [0.29, 0.717) is 18.4 Å². The van der Waals surface area contributed by atoms with E-state index in [1.165, 1.54) is 18.2 Å². The van der Waals surface area contributed by atoms with Crippen molar-refractivity contribution >= 4 is 24.4 Å². The summed E-state index contributed by atoms with van der Waals surface area (Å²) in [6.45, 7) is 9.18. The summed E-state index contributed by atoms with van der Waals surface area (Å²) >= 11 is 0. The van der Waals surface area contributed by atoms with Crippen LogP contribution in [0, 0.1) is 11.8 Å². The lowest BCUT2D eigenvalue weighted by molar-refractivity contribution is -0.139. The van der Waals surface area contributed by atoms with Gasteiger partial charge in [0.2, 0.25) is 0 Å². The molecule has 1 aromatic rings. The van der Waals surface area contributed by atoms with Gasteiger partial charge in [0.15, 0.2) is 11.5 Å². The smallest absolute Gasteiger partial charge is 0.480 e. The molecule has 0 aliphatic heterocycles. The van der Waals surface area contributed by atoms with E-state index in [1.54, 1.807) is 20.8 Å². The molecule has 1 aromatic carbocycles. The van der Waals surface area contributed by atoms with Crippen molar-refractivity contribution in [3.05, 3.63) is 23.8 Å². The first-order chi connectivity index (χ1) is 17.5. The number of aliphatic carboxylic acids is 1. The number of carboxylic acids is 1. The van der Waals surface area contributed by atoms with Crippen LogP contribution in [0.4, 0.5) is 14.4 Å². The minimum absolute atomic E-state index is 0.0983. The number of rotatable bonds is 14. The SMILES string of the molecule is CCCOC(=O)Oc1ccc(C(C(C)COC(=O)OCC(C)C)[C@H](N)C(=O)O)cc1OC(=O)OCCC. The molecule has 0 aromatic heterocycles. The van der Waals surface area contributed by atoms with Gasteiger partial charge in [0, 0.05) is 5.92 Å². The van der Waals surface area contributed by atoms with E-state index in [9.17, 15) is 24.3 Å². The summed E-state index contributed by atoms with van der Waals surface area (Å²) in [6.07, 6.45) is -1.83. The summed E-state index contributed by atoms with van der Waals surface area (Å²) in [7, 11) is 0. The average Bonchev–Trinajstić information content (AvgIpc) is 2.85. The first-order valence-corrected chi connectivity index (χ1v) is 12.1. The minimum Gasteiger partial charge on any atom is -0.480 e. The largest absolute Gasteiger partial charge is 0.513 e. The summed E-state index contributed by atoms with van der Waals surface area (Å²) in [6, 6.07) is 2.69. The number of nitrogens with two attached hydrogens (primary N) is 1. The van der Waals surface area contributed by atoms with Gasteiger partial charge in [-0.25, -0.2) is 14.4 Å². The minimum atomic E-state index is -1.41. The van der Waals surface area contributed by atoms with Crippen molar-refractivity contribution in [2.24, 2.45) is 17.6 Å². The molecule has 12 heteroatoms. The Labute approximate surface area is 216 Å². The highest BCUT2D eigenvalue weighted by Crippen LogP contribution is 2.36. The fraction of sp³-hybridized carbons (Fsp3) is 0.600. The predicted molar refractivity (Wildman–Crippen MR) is 131 cm³/mol. The number of hydrogen-bond donors (Lipinski definition) is 2. The van der Waals surface area contributed by atoms with Crippen LogP contribution in [0.15, 0.2) is 18.2 Å². The van der Waals surface area contributed by atoms with Gasteiger partial charge in [0.05, 0.1) is 26.4 Å². The molecular formula is C25H37NO11. The van der Waals surface area contributed by atoms with Crippen molar-refractivity contribution in [3.8, 4) is 11.5 Å². The third-order valence-corrected chi connectivity index (χ3v) is 4.87. The topological polar surface area (TPSA) is 170 Å². The fourth-order valence-electron chi connectivity index (χ4n) is 3.13. The highest BCUT2D eigenvalue weighted by Gasteiger charge is 2.33. The van der Waals surface area contributed by atoms with E-state index in [-0.39, 0.29) is 43.8 Å². The Morgan fingerprint density at radius 3 is 1.86 bits per heavy atom. The van der Waals surface area contributed by atoms with E-state index in [4.69, 9.17) is 34.2 Å². The number of ether oxygens (including phenoxy) is 6. The van der Waals surface area contributed by atoms with Crippen LogP contribution in [0.25, 0.3) is 0 Å². The van der Waals surface area contributed by atoms with E-state index in [0.717, 1.165) is 0 Å². The normalized spacial score (nSPS) is 13.2. The number of carboxylic acid groups (broad SMARTS) is 1. The number of hydrogen-bond acceptors (Lipinski definition) is 11. The van der Waals surface area contributed by atoms with E-state index in [1.807, 2.05) is 13.8 Å². The molecule has 0 radical (unpaired) electrons. The van der Waals surface area contributed by atoms with Crippen LogP contribution < -0.4 is 15.2 Å². The van der Waals surface area contributed by atoms with Crippen molar-refractivity contribution in [2.45, 2.75) is 59.4 Å². The highest BCUT2D eigenvalue weighted by atomic mass is 16.7. The van der Waals surface area contributed by atoms with Crippen LogP contribution in [0.1, 0.15) is 58.9 Å². The third-order valence-electron chi connectivity index (χ3n) is 4.87. The Hall–Kier alpha value is -3.54. The molecule has 0 saturated heterocycles. The van der Waals surface area contributed by atoms with E-state index < -0.39 is 42.3 Å². The van der Waals surface area contributed by atoms with Gasteiger partial charge in [-0.1, -0.05) is 40.7 Å². The van der Waals surface area contributed by atoms with Gasteiger partial charge >= 0.3 is 24.4 Å². The van der Waals surface area contributed by atoms with E-state index >= 15 is 0 Å². The zero-order valence-electron chi connectivity index (χ0n) is 21.9. The summed E-state index contributed by atoms with van der Waals surface area (Å²) in [5.74, 6) is -3.04. The standard InChI is InChI=1S/C25H37NO11/c1-6-10-32-24(30)36-18-9-8-17(12-19(18)37-25(31)33-11-7-2)20(21(26)22(27)28)16(5)14-35-23(29)34-13-15(3)4/h8-9,12,15-16,20-21H,6-7,10-11,13-14,26H2,1-5H3,(H,27,28)/t16?,20?,21-/m0/s1. The lowest BCUT2D eigenvalue weighted by Crippen LogP contribution is -2.40. The molecule has 0 fully saturated rings. The van der Waals surface area contributed by atoms with Gasteiger partial charge in [-0.15, -0.1) is 0 Å². The maximum atomic E-state index is 12.1. The molecule has 0 heterocycles. The Balaban J connectivity index is 3.25. The zero-order chi connectivity index (χ0) is 28.0. The second-order valence-electron chi connectivity index (χ2n) is 8.74. The van der Waals surface area contributed by atoms with Gasteiger partial charge in [-0.3, -0.25) is 4.79 Å². The molecule has 3 atom stereocenters. The number of benzene rings is 1. The summed E-state index contributed by atoms with van der Waals surface area (Å²) in [5.41, 5.74) is 6.31. The van der Waals surface area contributed by atoms with Crippen LogP contribution in [0.3, 0.4) is 0 Å². The second-order valence-corrected chi connectivity index (χ2v) is 8.74. The van der Waals surface area contributed by atoms with Gasteiger partial charge in [0.1, 0.15) is 6.04 Å². The lowest BCUT2D eigenvalue weighted by Gasteiger charge is -2.28. The maximum Gasteiger partial charge on any atom is 0.513 e. The Kier molecular flexibility index (Phi) is 13.8.